The van der Waals surface area contributed by atoms with E-state index in [1.54, 1.807) is 0 Å². The Morgan fingerprint density at radius 2 is 0.520 bits per heavy atom. The van der Waals surface area contributed by atoms with Gasteiger partial charge in [0.1, 0.15) is 11.4 Å². The first-order chi connectivity index (χ1) is 49.4. The summed E-state index contributed by atoms with van der Waals surface area (Å²) in [6.45, 7) is 0. The quantitative estimate of drug-likeness (QED) is 0.133. The van der Waals surface area contributed by atoms with Crippen molar-refractivity contribution in [3.05, 3.63) is 316 Å². The van der Waals surface area contributed by atoms with E-state index in [0.717, 1.165) is 188 Å². The van der Waals surface area contributed by atoms with Crippen LogP contribution in [0.2, 0.25) is 0 Å². The van der Waals surface area contributed by atoms with Gasteiger partial charge in [-0.25, -0.2) is 44.9 Å². The molecule has 0 radical (unpaired) electrons. The van der Waals surface area contributed by atoms with Crippen molar-refractivity contribution in [3.8, 4) is 90.2 Å². The van der Waals surface area contributed by atoms with Gasteiger partial charge in [-0.05, 0) is 143 Å². The van der Waals surface area contributed by atoms with Crippen LogP contribution in [0, 0.1) is 0 Å². The van der Waals surface area contributed by atoms with Gasteiger partial charge < -0.3 is 0 Å². The van der Waals surface area contributed by atoms with Gasteiger partial charge in [-0.3, -0.25) is 15.0 Å². The van der Waals surface area contributed by atoms with Gasteiger partial charge in [0.15, 0.2) is 11.6 Å². The third-order valence-corrected chi connectivity index (χ3v) is 18.7. The van der Waals surface area contributed by atoms with E-state index in [9.17, 15) is 0 Å². The van der Waals surface area contributed by atoms with Gasteiger partial charge in [-0.15, -0.1) is 0 Å². The molecule has 0 fully saturated rings. The summed E-state index contributed by atoms with van der Waals surface area (Å²) in [4.78, 5) is 57.2. The normalized spacial score (nSPS) is 11.6. The van der Waals surface area contributed by atoms with Crippen molar-refractivity contribution < 1.29 is 0 Å². The highest BCUT2D eigenvalue weighted by Gasteiger charge is 2.15. The van der Waals surface area contributed by atoms with E-state index < -0.39 is 0 Å². The summed E-state index contributed by atoms with van der Waals surface area (Å²) in [6, 6.07) is 98.1. The third kappa shape index (κ3) is 10.7. The van der Waals surface area contributed by atoms with E-state index in [1.807, 2.05) is 104 Å². The molecule has 12 nitrogen and oxygen atoms in total. The van der Waals surface area contributed by atoms with Gasteiger partial charge in [0.25, 0.3) is 0 Å². The topological polar surface area (TPSA) is 155 Å². The van der Waals surface area contributed by atoms with Crippen molar-refractivity contribution in [1.82, 2.24) is 59.8 Å². The fraction of sp³-hybridized carbons (Fsp3) is 0. The monoisotopic (exact) mass is 1280 g/mol. The first-order valence-corrected chi connectivity index (χ1v) is 33.0. The van der Waals surface area contributed by atoms with Crippen molar-refractivity contribution in [1.29, 1.82) is 0 Å². The molecule has 0 amide bonds. The maximum Gasteiger partial charge on any atom is 0.178 e. The van der Waals surface area contributed by atoms with E-state index in [-0.39, 0.29) is 0 Å². The van der Waals surface area contributed by atoms with E-state index in [4.69, 9.17) is 34.9 Å². The van der Waals surface area contributed by atoms with Gasteiger partial charge in [0, 0.05) is 102 Å². The van der Waals surface area contributed by atoms with Crippen LogP contribution in [-0.2, 0) is 0 Å². The van der Waals surface area contributed by atoms with Crippen molar-refractivity contribution in [2.24, 2.45) is 0 Å². The molecule has 0 unspecified atom stereocenters. The molecule has 0 atom stereocenters. The van der Waals surface area contributed by atoms with Gasteiger partial charge in [0.2, 0.25) is 0 Å². The summed E-state index contributed by atoms with van der Waals surface area (Å²) < 4.78 is 0. The highest BCUT2D eigenvalue weighted by molar-refractivity contribution is 6.08. The molecule has 10 aromatic carbocycles. The van der Waals surface area contributed by atoms with Crippen LogP contribution in [0.4, 0.5) is 0 Å². The number of para-hydroxylation sites is 2. The van der Waals surface area contributed by atoms with Crippen LogP contribution in [0.15, 0.2) is 316 Å². The molecule has 0 saturated heterocycles. The summed E-state index contributed by atoms with van der Waals surface area (Å²) in [5.41, 5.74) is 23.5. The standard InChI is InChI=1S/2C44H26N6/c1-2-6-37-34(4-1)26-47-44(50-37)41-20-15-33-25-31(13-18-40(33)49-41)30-12-17-39-32(24-30)14-19-38(48-39)28-9-7-27(8-10-28)35-21-23-46-43-36(35)16-11-29-5-3-22-45-42(29)43;1-2-6-36-35(4-1)26-46-44(50-36)41-22-17-34-25-32(15-20-40(34)48-41)31-14-19-39-33(24-31)16-21-37(47-39)27-7-9-28(10-8-27)38-18-13-30-12-11-29-5-3-23-45-42(29)43(30)49-38/h2*1-26H. The van der Waals surface area contributed by atoms with Crippen LogP contribution in [0.25, 0.3) is 199 Å². The Kier molecular flexibility index (Phi) is 13.9. The molecular weight excluding hydrogens is 1230 g/mol. The zero-order valence-electron chi connectivity index (χ0n) is 53.4. The molecule has 0 saturated carbocycles. The zero-order chi connectivity index (χ0) is 66.0. The van der Waals surface area contributed by atoms with Crippen LogP contribution in [-0.4, -0.2) is 59.8 Å². The van der Waals surface area contributed by atoms with E-state index in [2.05, 4.69) is 237 Å². The first kappa shape index (κ1) is 57.6. The number of fused-ring (bicyclic) bond motifs is 12. The Morgan fingerprint density at radius 3 is 1.00 bits per heavy atom. The summed E-state index contributed by atoms with van der Waals surface area (Å²) in [6.07, 6.45) is 9.21. The number of nitrogens with zero attached hydrogens (tertiary/aromatic N) is 12. The largest absolute Gasteiger partial charge is 0.254 e. The second-order valence-electron chi connectivity index (χ2n) is 24.9. The van der Waals surface area contributed by atoms with Gasteiger partial charge in [0.05, 0.1) is 72.2 Å². The number of hydrogen-bond acceptors (Lipinski definition) is 12. The Hall–Kier alpha value is -13.8. The van der Waals surface area contributed by atoms with Crippen molar-refractivity contribution >= 4 is 109 Å². The molecule has 464 valence electrons. The predicted molar refractivity (Wildman–Crippen MR) is 405 cm³/mol. The third-order valence-electron chi connectivity index (χ3n) is 18.7. The minimum absolute atomic E-state index is 0.626. The van der Waals surface area contributed by atoms with E-state index >= 15 is 0 Å². The van der Waals surface area contributed by atoms with Crippen LogP contribution in [0.5, 0.6) is 0 Å². The lowest BCUT2D eigenvalue weighted by atomic mass is 9.98. The minimum atomic E-state index is 0.626. The fourth-order valence-corrected chi connectivity index (χ4v) is 13.5. The number of pyridine rings is 8. The highest BCUT2D eigenvalue weighted by Crippen LogP contribution is 2.36. The SMILES string of the molecule is c1ccc2nc(-c3ccc4cc(-c5ccc6nc(-c7ccc(-c8ccc9ccc%10cccnc%10c9n8)cc7)ccc6c5)ccc4n3)ncc2c1.c1ccc2nc(-c3ccc4cc(-c5ccc6nc(-c7ccc(-c8ccnc9c8ccc8cccnc89)cc7)ccc6c5)ccc4n3)ncc2c1. The number of aromatic nitrogens is 12. The Labute approximate surface area is 571 Å². The number of benzene rings is 10. The molecule has 0 spiro atoms. The molecule has 20 rings (SSSR count). The predicted octanol–water partition coefficient (Wildman–Crippen LogP) is 21.0. The lowest BCUT2D eigenvalue weighted by Crippen LogP contribution is -1.93. The molecule has 0 N–H and O–H groups in total. The van der Waals surface area contributed by atoms with Gasteiger partial charge in [-0.2, -0.15) is 0 Å². The highest BCUT2D eigenvalue weighted by atomic mass is 14.9. The van der Waals surface area contributed by atoms with Gasteiger partial charge in [-0.1, -0.05) is 176 Å². The van der Waals surface area contributed by atoms with E-state index in [1.165, 1.54) is 0 Å². The van der Waals surface area contributed by atoms with Crippen LogP contribution in [0.3, 0.4) is 0 Å². The molecule has 10 aromatic heterocycles. The molecule has 12 heteroatoms. The molecule has 20 aromatic rings. The molecule has 0 aliphatic heterocycles. The second-order valence-corrected chi connectivity index (χ2v) is 24.9. The van der Waals surface area contributed by atoms with Crippen LogP contribution in [0.1, 0.15) is 0 Å². The molecule has 100 heavy (non-hydrogen) atoms. The fourth-order valence-electron chi connectivity index (χ4n) is 13.5. The van der Waals surface area contributed by atoms with Gasteiger partial charge >= 0.3 is 0 Å². The molecule has 0 aliphatic carbocycles. The zero-order valence-corrected chi connectivity index (χ0v) is 53.4. The molecule has 0 bridgehead atoms. The summed E-state index contributed by atoms with van der Waals surface area (Å²) in [7, 11) is 0. The lowest BCUT2D eigenvalue weighted by Gasteiger charge is -2.10. The Balaban J connectivity index is 0.000000139. The minimum Gasteiger partial charge on any atom is -0.254 e. The summed E-state index contributed by atoms with van der Waals surface area (Å²) in [5, 5.41) is 10.7. The Morgan fingerprint density at radius 1 is 0.180 bits per heavy atom. The number of rotatable bonds is 8. The first-order valence-electron chi connectivity index (χ1n) is 33.0. The maximum atomic E-state index is 5.03. The average Bonchev–Trinajstić information content (AvgIpc) is 0.798. The smallest absolute Gasteiger partial charge is 0.178 e. The second kappa shape index (κ2) is 24.1. The summed E-state index contributed by atoms with van der Waals surface area (Å²) >= 11 is 0. The Bertz CT molecular complexity index is 6640. The van der Waals surface area contributed by atoms with Crippen LogP contribution >= 0.6 is 0 Å². The average molecular weight is 1280 g/mol. The molecule has 0 aliphatic rings. The number of hydrogen-bond donors (Lipinski definition) is 0. The molecule has 10 heterocycles. The lowest BCUT2D eigenvalue weighted by molar-refractivity contribution is 1.19. The molecular formula is C88H52N12. The van der Waals surface area contributed by atoms with Crippen molar-refractivity contribution in [2.45, 2.75) is 0 Å². The summed E-state index contributed by atoms with van der Waals surface area (Å²) in [5.74, 6) is 1.25. The van der Waals surface area contributed by atoms with Crippen molar-refractivity contribution in [3.63, 3.8) is 0 Å². The maximum absolute atomic E-state index is 5.03. The van der Waals surface area contributed by atoms with Crippen molar-refractivity contribution in [2.75, 3.05) is 0 Å². The van der Waals surface area contributed by atoms with E-state index in [0.29, 0.717) is 11.6 Å². The van der Waals surface area contributed by atoms with Crippen LogP contribution < -0.4 is 0 Å².